The molecule has 16 heteroatoms. The lowest BCUT2D eigenvalue weighted by molar-refractivity contribution is -0.113. The normalized spacial score (nSPS) is 16.1. The van der Waals surface area contributed by atoms with Gasteiger partial charge in [0.15, 0.2) is 11.5 Å². The van der Waals surface area contributed by atoms with Crippen molar-refractivity contribution in [3.05, 3.63) is 118 Å². The number of carbonyl (C=O) groups excluding carboxylic acids is 2. The summed E-state index contributed by atoms with van der Waals surface area (Å²) in [6.07, 6.45) is 2.48. The molecule has 2 aliphatic rings. The molecule has 0 aromatic heterocycles. The SMILES string of the molecule is Cc1cc2c(c(O)c1-c1c(C)cc3c(c1O)/C(=C/Nc1ccc(S(=O)(=O)O)cc1)C(=O)C(O)=C3C(C)C)/C(=C/Nc1ccc(S(=O)(=O)O)cc1)C(=O)C(O)=C2C(C)C. The highest BCUT2D eigenvalue weighted by atomic mass is 32.2. The van der Waals surface area contributed by atoms with Gasteiger partial charge in [-0.1, -0.05) is 39.8 Å². The number of phenols is 2. The van der Waals surface area contributed by atoms with Crippen LogP contribution in [0.2, 0.25) is 0 Å². The number of rotatable bonds is 9. The molecule has 58 heavy (non-hydrogen) atoms. The van der Waals surface area contributed by atoms with Gasteiger partial charge >= 0.3 is 0 Å². The van der Waals surface area contributed by atoms with E-state index in [1.165, 1.54) is 36.7 Å². The van der Waals surface area contributed by atoms with Crippen molar-refractivity contribution in [2.45, 2.75) is 51.3 Å². The van der Waals surface area contributed by atoms with Crippen molar-refractivity contribution < 1.29 is 56.0 Å². The van der Waals surface area contributed by atoms with Crippen LogP contribution in [0.25, 0.3) is 33.4 Å². The molecule has 0 aliphatic heterocycles. The summed E-state index contributed by atoms with van der Waals surface area (Å²) in [5.41, 5.74) is 2.56. The van der Waals surface area contributed by atoms with Crippen LogP contribution < -0.4 is 10.6 Å². The molecule has 14 nitrogen and oxygen atoms in total. The predicted molar refractivity (Wildman–Crippen MR) is 219 cm³/mol. The summed E-state index contributed by atoms with van der Waals surface area (Å²) in [7, 11) is -8.95. The number of Topliss-reactive ketones (excluding diaryl/α,β-unsaturated/α-hetero) is 2. The second-order valence-corrected chi connectivity index (χ2v) is 17.4. The van der Waals surface area contributed by atoms with Gasteiger partial charge in [-0.15, -0.1) is 0 Å². The van der Waals surface area contributed by atoms with Crippen molar-refractivity contribution in [2.75, 3.05) is 10.6 Å². The van der Waals surface area contributed by atoms with Crippen molar-refractivity contribution in [3.63, 3.8) is 0 Å². The first-order valence-electron chi connectivity index (χ1n) is 17.8. The molecule has 0 bridgehead atoms. The summed E-state index contributed by atoms with van der Waals surface area (Å²) in [5, 5.41) is 52.8. The van der Waals surface area contributed by atoms with Gasteiger partial charge in [-0.05, 0) is 96.5 Å². The number of anilines is 2. The number of allylic oxidation sites excluding steroid dienone is 4. The smallest absolute Gasteiger partial charge is 0.294 e. The van der Waals surface area contributed by atoms with E-state index in [0.717, 1.165) is 24.3 Å². The zero-order valence-corrected chi connectivity index (χ0v) is 33.7. The van der Waals surface area contributed by atoms with Crippen molar-refractivity contribution in [2.24, 2.45) is 11.8 Å². The lowest BCUT2D eigenvalue weighted by Crippen LogP contribution is -2.20. The Labute approximate surface area is 334 Å². The third-order valence-corrected chi connectivity index (χ3v) is 11.8. The summed E-state index contributed by atoms with van der Waals surface area (Å²) in [5.74, 6) is -4.40. The van der Waals surface area contributed by atoms with Gasteiger partial charge in [0.1, 0.15) is 11.5 Å². The topological polar surface area (TPSA) is 248 Å². The number of aliphatic hydroxyl groups is 2. The summed E-state index contributed by atoms with van der Waals surface area (Å²) in [6.45, 7) is 10.4. The van der Waals surface area contributed by atoms with Crippen molar-refractivity contribution >= 4 is 65.5 Å². The standard InChI is InChI=1S/C42H40N2O12S2/c1-19(2)31-27-15-21(5)33(39(47)35(27)29(37(45)41(31)49)17-43-23-7-11-25(12-8-23)57(51,52)53)34-22(6)16-28-32(20(3)4)42(50)38(46)30(36(28)40(34)48)18-44-24-9-13-26(14-10-24)58(54,55)56/h7-20,43-44,47-50H,1-6H3,(H,51,52,53)(H,54,55,56)/b29-17-,30-18-. The van der Waals surface area contributed by atoms with Crippen LogP contribution in [0.15, 0.2) is 94.4 Å². The van der Waals surface area contributed by atoms with Crippen LogP contribution in [0.5, 0.6) is 11.5 Å². The number of aryl methyl sites for hydroxylation is 2. The molecule has 4 aromatic rings. The van der Waals surface area contributed by atoms with Crippen molar-refractivity contribution in [1.29, 1.82) is 0 Å². The fraction of sp³-hybridized carbons (Fsp3) is 0.190. The molecule has 0 amide bonds. The molecule has 0 atom stereocenters. The van der Waals surface area contributed by atoms with E-state index < -0.39 is 66.7 Å². The summed E-state index contributed by atoms with van der Waals surface area (Å²) in [4.78, 5) is 27.0. The molecule has 0 fully saturated rings. The Morgan fingerprint density at radius 1 is 0.534 bits per heavy atom. The van der Waals surface area contributed by atoms with E-state index in [9.17, 15) is 56.0 Å². The number of hydrogen-bond donors (Lipinski definition) is 8. The number of aliphatic hydroxyl groups excluding tert-OH is 2. The lowest BCUT2D eigenvalue weighted by Gasteiger charge is -2.29. The van der Waals surface area contributed by atoms with Crippen LogP contribution in [-0.2, 0) is 29.8 Å². The molecular formula is C42H40N2O12S2. The average molecular weight is 829 g/mol. The summed E-state index contributed by atoms with van der Waals surface area (Å²) >= 11 is 0. The van der Waals surface area contributed by atoms with Crippen LogP contribution in [0.3, 0.4) is 0 Å². The molecule has 0 heterocycles. The Morgan fingerprint density at radius 3 is 1.12 bits per heavy atom. The Kier molecular flexibility index (Phi) is 10.7. The maximum absolute atomic E-state index is 13.9. The minimum atomic E-state index is -4.47. The Hall–Kier alpha value is -6.20. The zero-order valence-electron chi connectivity index (χ0n) is 32.0. The number of nitrogens with one attached hydrogen (secondary N) is 2. The van der Waals surface area contributed by atoms with E-state index in [-0.39, 0.29) is 54.3 Å². The minimum Gasteiger partial charge on any atom is -0.507 e. The second kappa shape index (κ2) is 14.9. The molecule has 0 spiro atoms. The Morgan fingerprint density at radius 2 is 0.845 bits per heavy atom. The average Bonchev–Trinajstić information content (AvgIpc) is 3.13. The maximum Gasteiger partial charge on any atom is 0.294 e. The van der Waals surface area contributed by atoms with Gasteiger partial charge in [-0.25, -0.2) is 0 Å². The molecule has 0 radical (unpaired) electrons. The van der Waals surface area contributed by atoms with Gasteiger partial charge < -0.3 is 31.1 Å². The van der Waals surface area contributed by atoms with Crippen LogP contribution in [0.4, 0.5) is 11.4 Å². The molecule has 2 aliphatic carbocycles. The molecule has 4 aromatic carbocycles. The first-order chi connectivity index (χ1) is 27.0. The van der Waals surface area contributed by atoms with Crippen molar-refractivity contribution in [1.82, 2.24) is 0 Å². The van der Waals surface area contributed by atoms with E-state index in [0.29, 0.717) is 33.6 Å². The molecule has 0 saturated heterocycles. The Balaban J connectivity index is 1.58. The number of fused-ring (bicyclic) bond motifs is 2. The van der Waals surface area contributed by atoms with E-state index in [1.54, 1.807) is 53.7 Å². The monoisotopic (exact) mass is 828 g/mol. The molecule has 0 unspecified atom stereocenters. The number of carbonyl (C=O) groups is 2. The van der Waals surface area contributed by atoms with Crippen LogP contribution in [0.1, 0.15) is 61.1 Å². The lowest BCUT2D eigenvalue weighted by atomic mass is 9.75. The van der Waals surface area contributed by atoms with E-state index >= 15 is 0 Å². The quantitative estimate of drug-likeness (QED) is 0.0593. The maximum atomic E-state index is 13.9. The van der Waals surface area contributed by atoms with Crippen molar-refractivity contribution in [3.8, 4) is 22.6 Å². The fourth-order valence-electron chi connectivity index (χ4n) is 7.39. The second-order valence-electron chi connectivity index (χ2n) is 14.6. The highest BCUT2D eigenvalue weighted by Gasteiger charge is 2.38. The first-order valence-corrected chi connectivity index (χ1v) is 20.7. The molecule has 0 saturated carbocycles. The number of phenolic OH excluding ortho intramolecular Hbond substituents is 2. The summed E-state index contributed by atoms with van der Waals surface area (Å²) in [6, 6.07) is 13.3. The first kappa shape index (κ1) is 41.4. The highest BCUT2D eigenvalue weighted by molar-refractivity contribution is 7.86. The van der Waals surface area contributed by atoms with Gasteiger partial charge in [0.25, 0.3) is 20.2 Å². The van der Waals surface area contributed by atoms with E-state index in [4.69, 9.17) is 0 Å². The third kappa shape index (κ3) is 7.26. The number of benzene rings is 4. The molecule has 302 valence electrons. The number of aromatic hydroxyl groups is 2. The number of hydrogen-bond acceptors (Lipinski definition) is 12. The Bertz CT molecular complexity index is 2600. The molecular weight excluding hydrogens is 789 g/mol. The number of ketones is 2. The van der Waals surface area contributed by atoms with Gasteiger partial charge in [0, 0.05) is 57.2 Å². The largest absolute Gasteiger partial charge is 0.507 e. The van der Waals surface area contributed by atoms with Crippen LogP contribution in [-0.4, -0.2) is 57.9 Å². The minimum absolute atomic E-state index is 0.0212. The van der Waals surface area contributed by atoms with Crippen LogP contribution in [0, 0.1) is 25.7 Å². The van der Waals surface area contributed by atoms with Gasteiger partial charge in [-0.3, -0.25) is 18.7 Å². The highest BCUT2D eigenvalue weighted by Crippen LogP contribution is 2.53. The van der Waals surface area contributed by atoms with Crippen LogP contribution >= 0.6 is 0 Å². The fourth-order valence-corrected chi connectivity index (χ4v) is 8.35. The predicted octanol–water partition coefficient (Wildman–Crippen LogP) is 7.80. The van der Waals surface area contributed by atoms with E-state index in [2.05, 4.69) is 10.6 Å². The summed E-state index contributed by atoms with van der Waals surface area (Å²) < 4.78 is 65.0. The molecule has 6 rings (SSSR count). The molecule has 8 N–H and O–H groups in total. The zero-order chi connectivity index (χ0) is 42.8. The van der Waals surface area contributed by atoms with Gasteiger partial charge in [0.05, 0.1) is 20.9 Å². The van der Waals surface area contributed by atoms with Gasteiger partial charge in [0.2, 0.25) is 11.6 Å². The third-order valence-electron chi connectivity index (χ3n) is 10.0. The van der Waals surface area contributed by atoms with E-state index in [1.807, 2.05) is 0 Å². The van der Waals surface area contributed by atoms with Gasteiger partial charge in [-0.2, -0.15) is 16.8 Å².